The van der Waals surface area contributed by atoms with Gasteiger partial charge in [0.05, 0.1) is 13.2 Å². The molecule has 0 aromatic heterocycles. The van der Waals surface area contributed by atoms with Crippen molar-refractivity contribution in [1.29, 1.82) is 0 Å². The summed E-state index contributed by atoms with van der Waals surface area (Å²) in [5.74, 6) is 1.67. The molecule has 0 saturated carbocycles. The molecular formula is C20H21NO2. The van der Waals surface area contributed by atoms with Crippen LogP contribution in [0.15, 0.2) is 48.6 Å². The van der Waals surface area contributed by atoms with Crippen LogP contribution in [0.3, 0.4) is 0 Å². The molecule has 0 amide bonds. The predicted octanol–water partition coefficient (Wildman–Crippen LogP) is 4.54. The van der Waals surface area contributed by atoms with E-state index in [1.165, 1.54) is 16.8 Å². The van der Waals surface area contributed by atoms with Crippen molar-refractivity contribution >= 4 is 5.69 Å². The van der Waals surface area contributed by atoms with E-state index in [4.69, 9.17) is 4.74 Å². The van der Waals surface area contributed by atoms with Crippen molar-refractivity contribution < 1.29 is 9.84 Å². The van der Waals surface area contributed by atoms with Crippen LogP contribution in [0.1, 0.15) is 35.1 Å². The molecule has 3 heteroatoms. The molecule has 2 aromatic carbocycles. The summed E-state index contributed by atoms with van der Waals surface area (Å²) in [7, 11) is 1.59. The molecule has 3 nitrogen and oxygen atoms in total. The van der Waals surface area contributed by atoms with Crippen molar-refractivity contribution in [1.82, 2.24) is 0 Å². The standard InChI is InChI=1S/C20H21NO2/c1-12-6-8-17-16(10-12)14-4-3-5-15(14)20(21-17)13-7-9-18(22)19(11-13)23-2/h3-4,6-11,14-15,20-22H,5H2,1-2H3. The maximum atomic E-state index is 9.85. The minimum absolute atomic E-state index is 0.184. The third kappa shape index (κ3) is 2.27. The molecule has 0 bridgehead atoms. The smallest absolute Gasteiger partial charge is 0.160 e. The molecule has 3 atom stereocenters. The third-order valence-electron chi connectivity index (χ3n) is 5.08. The molecule has 0 radical (unpaired) electrons. The minimum atomic E-state index is 0.184. The van der Waals surface area contributed by atoms with Gasteiger partial charge in [-0.05, 0) is 48.6 Å². The van der Waals surface area contributed by atoms with Gasteiger partial charge in [0.15, 0.2) is 11.5 Å². The van der Waals surface area contributed by atoms with Gasteiger partial charge in [0.25, 0.3) is 0 Å². The molecule has 2 N–H and O–H groups in total. The Morgan fingerprint density at radius 2 is 2.04 bits per heavy atom. The lowest BCUT2D eigenvalue weighted by Gasteiger charge is -2.37. The first-order valence-corrected chi connectivity index (χ1v) is 8.08. The van der Waals surface area contributed by atoms with Crippen molar-refractivity contribution in [3.8, 4) is 11.5 Å². The fourth-order valence-electron chi connectivity index (χ4n) is 3.93. The number of rotatable bonds is 2. The molecule has 2 aliphatic rings. The van der Waals surface area contributed by atoms with Gasteiger partial charge in [-0.25, -0.2) is 0 Å². The Morgan fingerprint density at radius 3 is 2.87 bits per heavy atom. The van der Waals surface area contributed by atoms with Crippen molar-refractivity contribution in [3.63, 3.8) is 0 Å². The second-order valence-electron chi connectivity index (χ2n) is 6.50. The lowest BCUT2D eigenvalue weighted by Crippen LogP contribution is -2.29. The molecule has 1 heterocycles. The highest BCUT2D eigenvalue weighted by atomic mass is 16.5. The summed E-state index contributed by atoms with van der Waals surface area (Å²) in [6, 6.07) is 12.5. The Morgan fingerprint density at radius 1 is 1.17 bits per heavy atom. The van der Waals surface area contributed by atoms with E-state index in [9.17, 15) is 5.11 Å². The largest absolute Gasteiger partial charge is 0.504 e. The minimum Gasteiger partial charge on any atom is -0.504 e. The number of allylic oxidation sites excluding steroid dienone is 2. The zero-order chi connectivity index (χ0) is 16.0. The predicted molar refractivity (Wildman–Crippen MR) is 92.2 cm³/mol. The summed E-state index contributed by atoms with van der Waals surface area (Å²) in [6.07, 6.45) is 5.70. The number of hydrogen-bond acceptors (Lipinski definition) is 3. The number of phenols is 1. The van der Waals surface area contributed by atoms with E-state index in [1.807, 2.05) is 12.1 Å². The van der Waals surface area contributed by atoms with Gasteiger partial charge >= 0.3 is 0 Å². The summed E-state index contributed by atoms with van der Waals surface area (Å²) in [6.45, 7) is 2.14. The van der Waals surface area contributed by atoms with Crippen LogP contribution in [0.25, 0.3) is 0 Å². The van der Waals surface area contributed by atoms with E-state index in [-0.39, 0.29) is 11.8 Å². The van der Waals surface area contributed by atoms with E-state index in [1.54, 1.807) is 13.2 Å². The summed E-state index contributed by atoms with van der Waals surface area (Å²) >= 11 is 0. The fraction of sp³-hybridized carbons (Fsp3) is 0.300. The van der Waals surface area contributed by atoms with Crippen LogP contribution in [-0.2, 0) is 0 Å². The van der Waals surface area contributed by atoms with Crippen LogP contribution in [0.2, 0.25) is 0 Å². The zero-order valence-electron chi connectivity index (χ0n) is 13.4. The van der Waals surface area contributed by atoms with Gasteiger partial charge in [-0.2, -0.15) is 0 Å². The van der Waals surface area contributed by atoms with Crippen LogP contribution in [0, 0.1) is 12.8 Å². The maximum absolute atomic E-state index is 9.85. The molecular weight excluding hydrogens is 286 g/mol. The van der Waals surface area contributed by atoms with Crippen LogP contribution in [0.4, 0.5) is 5.69 Å². The van der Waals surface area contributed by atoms with E-state index >= 15 is 0 Å². The van der Waals surface area contributed by atoms with Gasteiger partial charge in [0, 0.05) is 11.6 Å². The van der Waals surface area contributed by atoms with Crippen LogP contribution in [0.5, 0.6) is 11.5 Å². The summed E-state index contributed by atoms with van der Waals surface area (Å²) in [5, 5.41) is 13.6. The summed E-state index contributed by atoms with van der Waals surface area (Å²) < 4.78 is 5.28. The monoisotopic (exact) mass is 307 g/mol. The fourth-order valence-corrected chi connectivity index (χ4v) is 3.93. The van der Waals surface area contributed by atoms with Gasteiger partial charge in [-0.15, -0.1) is 0 Å². The first-order chi connectivity index (χ1) is 11.2. The first kappa shape index (κ1) is 14.2. The number of methoxy groups -OCH3 is 1. The normalized spacial score (nSPS) is 24.7. The van der Waals surface area contributed by atoms with Crippen molar-refractivity contribution in [2.45, 2.75) is 25.3 Å². The highest BCUT2D eigenvalue weighted by molar-refractivity contribution is 5.61. The average Bonchev–Trinajstić information content (AvgIpc) is 3.05. The number of nitrogens with one attached hydrogen (secondary N) is 1. The number of phenolic OH excluding ortho intramolecular Hbond substituents is 1. The lowest BCUT2D eigenvalue weighted by atomic mass is 9.76. The second-order valence-corrected chi connectivity index (χ2v) is 6.50. The van der Waals surface area contributed by atoms with Crippen molar-refractivity contribution in [3.05, 3.63) is 65.2 Å². The second kappa shape index (κ2) is 5.34. The molecule has 0 saturated heterocycles. The lowest BCUT2D eigenvalue weighted by molar-refractivity contribution is 0.370. The zero-order valence-corrected chi connectivity index (χ0v) is 13.4. The van der Waals surface area contributed by atoms with Crippen LogP contribution in [-0.4, -0.2) is 12.2 Å². The topological polar surface area (TPSA) is 41.5 Å². The number of fused-ring (bicyclic) bond motifs is 3. The Balaban J connectivity index is 1.77. The first-order valence-electron chi connectivity index (χ1n) is 8.08. The summed E-state index contributed by atoms with van der Waals surface area (Å²) in [4.78, 5) is 0. The summed E-state index contributed by atoms with van der Waals surface area (Å²) in [5.41, 5.74) is 5.06. The Bertz CT molecular complexity index is 781. The van der Waals surface area contributed by atoms with E-state index in [0.29, 0.717) is 17.6 Å². The maximum Gasteiger partial charge on any atom is 0.160 e. The van der Waals surface area contributed by atoms with E-state index < -0.39 is 0 Å². The number of benzene rings is 2. The Hall–Kier alpha value is -2.42. The average molecular weight is 307 g/mol. The van der Waals surface area contributed by atoms with Crippen molar-refractivity contribution in [2.75, 3.05) is 12.4 Å². The number of aromatic hydroxyl groups is 1. The molecule has 0 spiro atoms. The van der Waals surface area contributed by atoms with Gasteiger partial charge in [-0.3, -0.25) is 0 Å². The van der Waals surface area contributed by atoms with E-state index in [0.717, 1.165) is 12.0 Å². The molecule has 1 aliphatic heterocycles. The highest BCUT2D eigenvalue weighted by Crippen LogP contribution is 2.50. The number of hydrogen-bond donors (Lipinski definition) is 2. The molecule has 1 aliphatic carbocycles. The molecule has 23 heavy (non-hydrogen) atoms. The van der Waals surface area contributed by atoms with Gasteiger partial charge in [-0.1, -0.05) is 35.9 Å². The van der Waals surface area contributed by atoms with Crippen LogP contribution < -0.4 is 10.1 Å². The van der Waals surface area contributed by atoms with Gasteiger partial charge in [0.1, 0.15) is 0 Å². The van der Waals surface area contributed by atoms with Crippen molar-refractivity contribution in [2.24, 2.45) is 5.92 Å². The molecule has 0 fully saturated rings. The Labute approximate surface area is 136 Å². The quantitative estimate of drug-likeness (QED) is 0.801. The Kier molecular flexibility index (Phi) is 3.29. The third-order valence-corrected chi connectivity index (χ3v) is 5.08. The molecule has 118 valence electrons. The SMILES string of the molecule is COc1cc(C2Nc3ccc(C)cc3C3C=CCC32)ccc1O. The van der Waals surface area contributed by atoms with Gasteiger partial charge < -0.3 is 15.2 Å². The number of anilines is 1. The van der Waals surface area contributed by atoms with Crippen LogP contribution >= 0.6 is 0 Å². The number of aryl methyl sites for hydroxylation is 1. The molecule has 4 rings (SSSR count). The van der Waals surface area contributed by atoms with E-state index in [2.05, 4.69) is 42.6 Å². The number of ether oxygens (including phenoxy) is 1. The molecule has 3 unspecified atom stereocenters. The molecule has 2 aromatic rings. The van der Waals surface area contributed by atoms with Gasteiger partial charge in [0.2, 0.25) is 0 Å². The highest BCUT2D eigenvalue weighted by Gasteiger charge is 2.38.